The van der Waals surface area contributed by atoms with Crippen molar-refractivity contribution in [3.63, 3.8) is 0 Å². The first-order chi connectivity index (χ1) is 7.34. The molecule has 1 nitrogen and oxygen atoms in total. The molecule has 1 aliphatic carbocycles. The molecule has 1 N–H and O–H groups in total. The van der Waals surface area contributed by atoms with E-state index in [2.05, 4.69) is 5.32 Å². The summed E-state index contributed by atoms with van der Waals surface area (Å²) in [5.74, 6) is 0.870. The first kappa shape index (κ1) is 10.8. The van der Waals surface area contributed by atoms with Crippen LogP contribution >= 0.6 is 11.6 Å². The molecule has 2 heteroatoms. The minimum Gasteiger partial charge on any atom is -0.385 e. The zero-order valence-electron chi connectivity index (χ0n) is 9.01. The fourth-order valence-corrected chi connectivity index (χ4v) is 2.35. The fraction of sp³-hybridized carbons (Fsp3) is 0.538. The van der Waals surface area contributed by atoms with E-state index in [1.165, 1.54) is 37.8 Å². The van der Waals surface area contributed by atoms with Crippen LogP contribution in [0.4, 0.5) is 5.69 Å². The maximum absolute atomic E-state index is 5.83. The molecular weight excluding hydrogens is 206 g/mol. The second-order valence-corrected chi connectivity index (χ2v) is 4.83. The largest absolute Gasteiger partial charge is 0.385 e. The minimum absolute atomic E-state index is 0.804. The molecule has 0 radical (unpaired) electrons. The molecule has 0 heterocycles. The summed E-state index contributed by atoms with van der Waals surface area (Å²) in [6, 6.07) is 7.96. The average molecular weight is 224 g/mol. The molecule has 0 aliphatic heterocycles. The zero-order chi connectivity index (χ0) is 10.5. The van der Waals surface area contributed by atoms with Crippen molar-refractivity contribution in [2.24, 2.45) is 5.92 Å². The summed E-state index contributed by atoms with van der Waals surface area (Å²) in [6.07, 6.45) is 7.03. The maximum Gasteiger partial charge on any atom is 0.0407 e. The van der Waals surface area contributed by atoms with Gasteiger partial charge in [-0.3, -0.25) is 0 Å². The van der Waals surface area contributed by atoms with Crippen molar-refractivity contribution in [3.8, 4) is 0 Å². The lowest BCUT2D eigenvalue weighted by atomic mass is 9.89. The molecule has 1 aliphatic rings. The fourth-order valence-electron chi connectivity index (χ4n) is 2.22. The van der Waals surface area contributed by atoms with Crippen LogP contribution in [0, 0.1) is 5.92 Å². The van der Waals surface area contributed by atoms with Gasteiger partial charge in [-0.2, -0.15) is 0 Å². The standard InChI is InChI=1S/C13H18ClN/c14-12-6-8-13(9-7-12)15-10-11-4-2-1-3-5-11/h6-9,11,15H,1-5,10H2. The van der Waals surface area contributed by atoms with Gasteiger partial charge in [-0.05, 0) is 43.0 Å². The topological polar surface area (TPSA) is 12.0 Å². The van der Waals surface area contributed by atoms with Gasteiger partial charge >= 0.3 is 0 Å². The van der Waals surface area contributed by atoms with Crippen LogP contribution in [0.25, 0.3) is 0 Å². The Balaban J connectivity index is 1.79. The number of nitrogens with one attached hydrogen (secondary N) is 1. The van der Waals surface area contributed by atoms with Crippen molar-refractivity contribution in [1.29, 1.82) is 0 Å². The number of anilines is 1. The number of rotatable bonds is 3. The first-order valence-corrected chi connectivity index (χ1v) is 6.22. The molecule has 1 saturated carbocycles. The van der Waals surface area contributed by atoms with Crippen molar-refractivity contribution in [2.45, 2.75) is 32.1 Å². The molecule has 0 atom stereocenters. The third-order valence-corrected chi connectivity index (χ3v) is 3.42. The molecule has 82 valence electrons. The van der Waals surface area contributed by atoms with Gasteiger partial charge in [0, 0.05) is 17.3 Å². The van der Waals surface area contributed by atoms with E-state index in [1.54, 1.807) is 0 Å². The normalized spacial score (nSPS) is 17.7. The highest BCUT2D eigenvalue weighted by atomic mass is 35.5. The highest BCUT2D eigenvalue weighted by Gasteiger charge is 2.12. The Kier molecular flexibility index (Phi) is 3.90. The highest BCUT2D eigenvalue weighted by molar-refractivity contribution is 6.30. The number of hydrogen-bond acceptors (Lipinski definition) is 1. The second kappa shape index (κ2) is 5.41. The van der Waals surface area contributed by atoms with E-state index in [0.29, 0.717) is 0 Å². The lowest BCUT2D eigenvalue weighted by molar-refractivity contribution is 0.373. The maximum atomic E-state index is 5.83. The quantitative estimate of drug-likeness (QED) is 0.804. The Morgan fingerprint density at radius 3 is 2.40 bits per heavy atom. The van der Waals surface area contributed by atoms with Gasteiger partial charge in [0.1, 0.15) is 0 Å². The van der Waals surface area contributed by atoms with Crippen molar-refractivity contribution in [2.75, 3.05) is 11.9 Å². The highest BCUT2D eigenvalue weighted by Crippen LogP contribution is 2.24. The molecule has 2 rings (SSSR count). The summed E-state index contributed by atoms with van der Waals surface area (Å²) in [4.78, 5) is 0. The molecule has 0 aromatic heterocycles. The Morgan fingerprint density at radius 2 is 1.73 bits per heavy atom. The minimum atomic E-state index is 0.804. The van der Waals surface area contributed by atoms with Crippen molar-refractivity contribution < 1.29 is 0 Å². The van der Waals surface area contributed by atoms with Crippen LogP contribution in [-0.2, 0) is 0 Å². The molecule has 0 spiro atoms. The predicted molar refractivity (Wildman–Crippen MR) is 66.5 cm³/mol. The third kappa shape index (κ3) is 3.42. The van der Waals surface area contributed by atoms with Crippen LogP contribution in [0.3, 0.4) is 0 Å². The zero-order valence-corrected chi connectivity index (χ0v) is 9.76. The van der Waals surface area contributed by atoms with Crippen LogP contribution in [0.15, 0.2) is 24.3 Å². The summed E-state index contributed by atoms with van der Waals surface area (Å²) >= 11 is 5.83. The van der Waals surface area contributed by atoms with Gasteiger partial charge in [0.15, 0.2) is 0 Å². The summed E-state index contributed by atoms with van der Waals surface area (Å²) in [6.45, 7) is 1.11. The lowest BCUT2D eigenvalue weighted by Crippen LogP contribution is -2.16. The first-order valence-electron chi connectivity index (χ1n) is 5.84. The lowest BCUT2D eigenvalue weighted by Gasteiger charge is -2.22. The van der Waals surface area contributed by atoms with Gasteiger partial charge in [-0.1, -0.05) is 30.9 Å². The second-order valence-electron chi connectivity index (χ2n) is 4.39. The summed E-state index contributed by atoms with van der Waals surface area (Å²) in [5.41, 5.74) is 1.19. The molecule has 0 bridgehead atoms. The average Bonchev–Trinajstić information content (AvgIpc) is 2.30. The van der Waals surface area contributed by atoms with Gasteiger partial charge in [-0.15, -0.1) is 0 Å². The van der Waals surface area contributed by atoms with Gasteiger partial charge in [0.05, 0.1) is 0 Å². The third-order valence-electron chi connectivity index (χ3n) is 3.16. The summed E-state index contributed by atoms with van der Waals surface area (Å²) in [7, 11) is 0. The molecule has 0 saturated heterocycles. The van der Waals surface area contributed by atoms with Crippen LogP contribution in [0.1, 0.15) is 32.1 Å². The monoisotopic (exact) mass is 223 g/mol. The van der Waals surface area contributed by atoms with E-state index < -0.39 is 0 Å². The smallest absolute Gasteiger partial charge is 0.0407 e. The van der Waals surface area contributed by atoms with E-state index >= 15 is 0 Å². The molecule has 15 heavy (non-hydrogen) atoms. The van der Waals surface area contributed by atoms with E-state index in [0.717, 1.165) is 17.5 Å². The van der Waals surface area contributed by atoms with E-state index in [4.69, 9.17) is 11.6 Å². The number of halogens is 1. The molecule has 0 unspecified atom stereocenters. The van der Waals surface area contributed by atoms with Gasteiger partial charge in [0.2, 0.25) is 0 Å². The van der Waals surface area contributed by atoms with Crippen LogP contribution in [0.5, 0.6) is 0 Å². The summed E-state index contributed by atoms with van der Waals surface area (Å²) < 4.78 is 0. The van der Waals surface area contributed by atoms with Crippen molar-refractivity contribution >= 4 is 17.3 Å². The molecular formula is C13H18ClN. The number of hydrogen-bond donors (Lipinski definition) is 1. The summed E-state index contributed by atoms with van der Waals surface area (Å²) in [5, 5.41) is 4.29. The van der Waals surface area contributed by atoms with E-state index in [1.807, 2.05) is 24.3 Å². The Hall–Kier alpha value is -0.690. The van der Waals surface area contributed by atoms with E-state index in [-0.39, 0.29) is 0 Å². The van der Waals surface area contributed by atoms with Gasteiger partial charge < -0.3 is 5.32 Å². The Bertz CT molecular complexity index is 288. The van der Waals surface area contributed by atoms with E-state index in [9.17, 15) is 0 Å². The molecule has 1 aromatic rings. The Labute approximate surface area is 96.8 Å². The van der Waals surface area contributed by atoms with Gasteiger partial charge in [-0.25, -0.2) is 0 Å². The molecule has 0 amide bonds. The predicted octanol–water partition coefficient (Wildman–Crippen LogP) is 4.33. The van der Waals surface area contributed by atoms with Crippen LogP contribution in [-0.4, -0.2) is 6.54 Å². The number of benzene rings is 1. The van der Waals surface area contributed by atoms with Crippen LogP contribution < -0.4 is 5.32 Å². The molecule has 1 fully saturated rings. The molecule has 1 aromatic carbocycles. The van der Waals surface area contributed by atoms with Crippen molar-refractivity contribution in [1.82, 2.24) is 0 Å². The SMILES string of the molecule is Clc1ccc(NCC2CCCCC2)cc1. The van der Waals surface area contributed by atoms with Crippen LogP contribution in [0.2, 0.25) is 5.02 Å². The van der Waals surface area contributed by atoms with Gasteiger partial charge in [0.25, 0.3) is 0 Å². The Morgan fingerprint density at radius 1 is 1.07 bits per heavy atom. The van der Waals surface area contributed by atoms with Crippen molar-refractivity contribution in [3.05, 3.63) is 29.3 Å².